The summed E-state index contributed by atoms with van der Waals surface area (Å²) in [6, 6.07) is 14.2. The second kappa shape index (κ2) is 5.48. The van der Waals surface area contributed by atoms with Gasteiger partial charge in [-0.2, -0.15) is 0 Å². The number of carbonyl (C=O) groups excluding carboxylic acids is 1. The highest BCUT2D eigenvalue weighted by atomic mass is 16.4. The lowest BCUT2D eigenvalue weighted by molar-refractivity contribution is -0.136. The van der Waals surface area contributed by atoms with E-state index in [0.717, 1.165) is 5.56 Å². The highest BCUT2D eigenvalue weighted by Crippen LogP contribution is 2.29. The van der Waals surface area contributed by atoms with E-state index in [-0.39, 0.29) is 18.0 Å². The second-order valence-corrected chi connectivity index (χ2v) is 5.18. The number of carbonyl (C=O) groups is 2. The SMILES string of the molecule is Cc1ccc2c(CC(=O)O)c(C(=O)c3ccccc3)oc2c1. The zero-order valence-corrected chi connectivity index (χ0v) is 12.0. The predicted octanol–water partition coefficient (Wildman–Crippen LogP) is 3.60. The third kappa shape index (κ3) is 2.51. The summed E-state index contributed by atoms with van der Waals surface area (Å²) in [4.78, 5) is 23.8. The predicted molar refractivity (Wildman–Crippen MR) is 82.2 cm³/mol. The van der Waals surface area contributed by atoms with E-state index in [2.05, 4.69) is 0 Å². The molecule has 0 spiro atoms. The van der Waals surface area contributed by atoms with Gasteiger partial charge in [0, 0.05) is 16.5 Å². The molecule has 4 nitrogen and oxygen atoms in total. The van der Waals surface area contributed by atoms with E-state index >= 15 is 0 Å². The Balaban J connectivity index is 2.19. The van der Waals surface area contributed by atoms with E-state index in [9.17, 15) is 9.59 Å². The molecule has 0 aliphatic rings. The first kappa shape index (κ1) is 14.1. The average Bonchev–Trinajstić information content (AvgIpc) is 2.84. The molecule has 22 heavy (non-hydrogen) atoms. The van der Waals surface area contributed by atoms with Gasteiger partial charge in [0.15, 0.2) is 5.76 Å². The lowest BCUT2D eigenvalue weighted by atomic mass is 10.0. The summed E-state index contributed by atoms with van der Waals surface area (Å²) in [5.74, 6) is -1.19. The molecule has 0 aliphatic heterocycles. The molecular weight excluding hydrogens is 280 g/mol. The van der Waals surface area contributed by atoms with Gasteiger partial charge in [0.25, 0.3) is 0 Å². The molecule has 3 aromatic rings. The summed E-state index contributed by atoms with van der Waals surface area (Å²) in [5.41, 5.74) is 2.43. The number of aliphatic carboxylic acids is 1. The van der Waals surface area contributed by atoms with Gasteiger partial charge >= 0.3 is 5.97 Å². The number of benzene rings is 2. The van der Waals surface area contributed by atoms with Crippen molar-refractivity contribution in [2.75, 3.05) is 0 Å². The van der Waals surface area contributed by atoms with Crippen molar-refractivity contribution in [1.29, 1.82) is 0 Å². The largest absolute Gasteiger partial charge is 0.481 e. The third-order valence-electron chi connectivity index (χ3n) is 3.52. The zero-order valence-electron chi connectivity index (χ0n) is 12.0. The van der Waals surface area contributed by atoms with Crippen molar-refractivity contribution in [3.05, 3.63) is 71.0 Å². The normalized spacial score (nSPS) is 10.8. The van der Waals surface area contributed by atoms with Crippen LogP contribution in [0, 0.1) is 6.92 Å². The molecule has 0 bridgehead atoms. The molecule has 1 heterocycles. The number of ketones is 1. The number of hydrogen-bond acceptors (Lipinski definition) is 3. The Bertz CT molecular complexity index is 859. The maximum absolute atomic E-state index is 12.6. The Morgan fingerprint density at radius 2 is 1.82 bits per heavy atom. The van der Waals surface area contributed by atoms with Crippen molar-refractivity contribution in [1.82, 2.24) is 0 Å². The van der Waals surface area contributed by atoms with Crippen molar-refractivity contribution in [3.8, 4) is 0 Å². The molecule has 110 valence electrons. The van der Waals surface area contributed by atoms with Crippen LogP contribution < -0.4 is 0 Å². The number of fused-ring (bicyclic) bond motifs is 1. The van der Waals surface area contributed by atoms with Gasteiger partial charge < -0.3 is 9.52 Å². The first-order valence-electron chi connectivity index (χ1n) is 6.90. The van der Waals surface area contributed by atoms with Crippen molar-refractivity contribution in [2.45, 2.75) is 13.3 Å². The molecule has 0 radical (unpaired) electrons. The van der Waals surface area contributed by atoms with Gasteiger partial charge in [-0.25, -0.2) is 0 Å². The van der Waals surface area contributed by atoms with E-state index < -0.39 is 5.97 Å². The van der Waals surface area contributed by atoms with E-state index in [0.29, 0.717) is 22.1 Å². The van der Waals surface area contributed by atoms with Crippen LogP contribution in [0.15, 0.2) is 52.9 Å². The standard InChI is InChI=1S/C18H14O4/c1-11-7-8-13-14(10-16(19)20)18(22-15(13)9-11)17(21)12-5-3-2-4-6-12/h2-9H,10H2,1H3,(H,19,20). The first-order chi connectivity index (χ1) is 10.6. The lowest BCUT2D eigenvalue weighted by Crippen LogP contribution is -2.07. The Hall–Kier alpha value is -2.88. The number of aryl methyl sites for hydroxylation is 1. The Morgan fingerprint density at radius 3 is 2.50 bits per heavy atom. The molecule has 0 aliphatic carbocycles. The Morgan fingerprint density at radius 1 is 1.09 bits per heavy atom. The van der Waals surface area contributed by atoms with E-state index in [1.54, 1.807) is 30.3 Å². The monoisotopic (exact) mass is 294 g/mol. The summed E-state index contributed by atoms with van der Waals surface area (Å²) < 4.78 is 5.68. The average molecular weight is 294 g/mol. The van der Waals surface area contributed by atoms with Crippen LogP contribution in [0.3, 0.4) is 0 Å². The van der Waals surface area contributed by atoms with Crippen molar-refractivity contribution >= 4 is 22.7 Å². The topological polar surface area (TPSA) is 67.5 Å². The number of hydrogen-bond donors (Lipinski definition) is 1. The molecule has 0 atom stereocenters. The van der Waals surface area contributed by atoms with Gasteiger partial charge in [0.1, 0.15) is 5.58 Å². The quantitative estimate of drug-likeness (QED) is 0.746. The number of rotatable bonds is 4. The summed E-state index contributed by atoms with van der Waals surface area (Å²) in [5, 5.41) is 9.80. The van der Waals surface area contributed by atoms with Gasteiger partial charge in [-0.05, 0) is 18.6 Å². The molecule has 0 unspecified atom stereocenters. The van der Waals surface area contributed by atoms with Crippen LogP contribution in [-0.4, -0.2) is 16.9 Å². The van der Waals surface area contributed by atoms with Crippen LogP contribution in [-0.2, 0) is 11.2 Å². The summed E-state index contributed by atoms with van der Waals surface area (Å²) in [6.07, 6.45) is -0.246. The number of carboxylic acids is 1. The highest BCUT2D eigenvalue weighted by molar-refractivity contribution is 6.11. The second-order valence-electron chi connectivity index (χ2n) is 5.18. The van der Waals surface area contributed by atoms with Crippen LogP contribution in [0.5, 0.6) is 0 Å². The van der Waals surface area contributed by atoms with Crippen LogP contribution in [0.2, 0.25) is 0 Å². The molecule has 1 aromatic heterocycles. The van der Waals surface area contributed by atoms with E-state index in [1.807, 2.05) is 25.1 Å². The van der Waals surface area contributed by atoms with Gasteiger partial charge in [-0.1, -0.05) is 42.5 Å². The molecule has 0 amide bonds. The smallest absolute Gasteiger partial charge is 0.307 e. The fourth-order valence-electron chi connectivity index (χ4n) is 2.49. The van der Waals surface area contributed by atoms with Crippen LogP contribution >= 0.6 is 0 Å². The molecular formula is C18H14O4. The maximum Gasteiger partial charge on any atom is 0.307 e. The summed E-state index contributed by atoms with van der Waals surface area (Å²) in [6.45, 7) is 1.91. The third-order valence-corrected chi connectivity index (χ3v) is 3.52. The van der Waals surface area contributed by atoms with Gasteiger partial charge in [-0.3, -0.25) is 9.59 Å². The maximum atomic E-state index is 12.6. The number of furan rings is 1. The van der Waals surface area contributed by atoms with Gasteiger partial charge in [0.05, 0.1) is 6.42 Å². The lowest BCUT2D eigenvalue weighted by Gasteiger charge is -2.00. The van der Waals surface area contributed by atoms with Gasteiger partial charge in [0.2, 0.25) is 5.78 Å². The van der Waals surface area contributed by atoms with Crippen LogP contribution in [0.25, 0.3) is 11.0 Å². The van der Waals surface area contributed by atoms with Crippen molar-refractivity contribution in [2.24, 2.45) is 0 Å². The minimum atomic E-state index is -0.995. The van der Waals surface area contributed by atoms with Crippen molar-refractivity contribution < 1.29 is 19.1 Å². The molecule has 0 saturated heterocycles. The fourth-order valence-corrected chi connectivity index (χ4v) is 2.49. The minimum Gasteiger partial charge on any atom is -0.481 e. The molecule has 4 heteroatoms. The molecule has 3 rings (SSSR count). The number of carboxylic acid groups (broad SMARTS) is 1. The summed E-state index contributed by atoms with van der Waals surface area (Å²) in [7, 11) is 0. The molecule has 1 N–H and O–H groups in total. The first-order valence-corrected chi connectivity index (χ1v) is 6.90. The van der Waals surface area contributed by atoms with Crippen LogP contribution in [0.4, 0.5) is 0 Å². The molecule has 0 fully saturated rings. The Kier molecular flexibility index (Phi) is 3.51. The fraction of sp³-hybridized carbons (Fsp3) is 0.111. The van der Waals surface area contributed by atoms with Gasteiger partial charge in [-0.15, -0.1) is 0 Å². The van der Waals surface area contributed by atoms with E-state index in [4.69, 9.17) is 9.52 Å². The highest BCUT2D eigenvalue weighted by Gasteiger charge is 2.23. The molecule has 0 saturated carbocycles. The van der Waals surface area contributed by atoms with Crippen molar-refractivity contribution in [3.63, 3.8) is 0 Å². The van der Waals surface area contributed by atoms with Crippen LogP contribution in [0.1, 0.15) is 27.2 Å². The zero-order chi connectivity index (χ0) is 15.7. The Labute approximate surface area is 127 Å². The molecule has 2 aromatic carbocycles. The minimum absolute atomic E-state index is 0.106. The summed E-state index contributed by atoms with van der Waals surface area (Å²) >= 11 is 0. The van der Waals surface area contributed by atoms with E-state index in [1.165, 1.54) is 0 Å².